The van der Waals surface area contributed by atoms with Crippen LogP contribution >= 0.6 is 0 Å². The van der Waals surface area contributed by atoms with Gasteiger partial charge in [0.2, 0.25) is 0 Å². The molecule has 0 saturated heterocycles. The first-order valence-corrected chi connectivity index (χ1v) is 6.46. The molecule has 100 valence electrons. The lowest BCUT2D eigenvalue weighted by Gasteiger charge is -2.08. The first kappa shape index (κ1) is 12.3. The molecule has 0 unspecified atom stereocenters. The maximum Gasteiger partial charge on any atom is 0.258 e. The van der Waals surface area contributed by atoms with Crippen molar-refractivity contribution >= 4 is 17.4 Å². The number of aryl methyl sites for hydroxylation is 1. The van der Waals surface area contributed by atoms with E-state index in [4.69, 9.17) is 0 Å². The summed E-state index contributed by atoms with van der Waals surface area (Å²) in [5.41, 5.74) is 2.40. The minimum absolute atomic E-state index is 0.172. The van der Waals surface area contributed by atoms with E-state index in [2.05, 4.69) is 15.3 Å². The van der Waals surface area contributed by atoms with Gasteiger partial charge in [-0.3, -0.25) is 4.79 Å². The lowest BCUT2D eigenvalue weighted by Crippen LogP contribution is -2.14. The van der Waals surface area contributed by atoms with Gasteiger partial charge in [0, 0.05) is 24.8 Å². The highest BCUT2D eigenvalue weighted by atomic mass is 16.1. The predicted molar refractivity (Wildman–Crippen MR) is 76.8 cm³/mol. The Balaban J connectivity index is 1.88. The number of carbonyl (C=O) groups excluding carboxylic acids is 1. The maximum absolute atomic E-state index is 12.3. The van der Waals surface area contributed by atoms with Crippen LogP contribution in [0.5, 0.6) is 0 Å². The smallest absolute Gasteiger partial charge is 0.258 e. The molecule has 0 bridgehead atoms. The minimum Gasteiger partial charge on any atom is -0.306 e. The van der Waals surface area contributed by atoms with Crippen molar-refractivity contribution in [3.05, 3.63) is 60.2 Å². The second-order valence-corrected chi connectivity index (χ2v) is 4.43. The molecule has 1 amide bonds. The molecule has 0 aromatic carbocycles. The van der Waals surface area contributed by atoms with E-state index in [0.29, 0.717) is 11.4 Å². The Kier molecular flexibility index (Phi) is 3.16. The fourth-order valence-corrected chi connectivity index (χ4v) is 2.07. The molecule has 5 nitrogen and oxygen atoms in total. The number of pyridine rings is 2. The third-order valence-corrected chi connectivity index (χ3v) is 3.16. The van der Waals surface area contributed by atoms with Crippen LogP contribution in [-0.4, -0.2) is 20.3 Å². The number of nitrogens with zero attached hydrogens (tertiary/aromatic N) is 3. The Morgan fingerprint density at radius 3 is 3.00 bits per heavy atom. The molecule has 0 aliphatic carbocycles. The van der Waals surface area contributed by atoms with Gasteiger partial charge in [0.15, 0.2) is 0 Å². The zero-order valence-corrected chi connectivity index (χ0v) is 11.1. The van der Waals surface area contributed by atoms with Crippen molar-refractivity contribution in [1.82, 2.24) is 14.4 Å². The zero-order valence-electron chi connectivity index (χ0n) is 11.1. The summed E-state index contributed by atoms with van der Waals surface area (Å²) >= 11 is 0. The van der Waals surface area contributed by atoms with Gasteiger partial charge in [-0.25, -0.2) is 9.97 Å². The molecular weight excluding hydrogens is 252 g/mol. The van der Waals surface area contributed by atoms with Crippen LogP contribution in [0, 0.1) is 0 Å². The lowest BCUT2D eigenvalue weighted by molar-refractivity contribution is 0.102. The van der Waals surface area contributed by atoms with E-state index in [1.165, 1.54) is 0 Å². The Hall–Kier alpha value is -2.69. The van der Waals surface area contributed by atoms with E-state index < -0.39 is 0 Å². The van der Waals surface area contributed by atoms with E-state index in [9.17, 15) is 4.79 Å². The van der Waals surface area contributed by atoms with Crippen LogP contribution in [0.25, 0.3) is 5.65 Å². The standard InChI is InChI=1S/C15H14N4O/c1-2-11-4-3-7-17-14(11)18-15(20)12-5-6-13-16-8-9-19(13)10-12/h3-10H,2H2,1H3,(H,17,18,20). The first-order chi connectivity index (χ1) is 9.78. The largest absolute Gasteiger partial charge is 0.306 e. The fraction of sp³-hybridized carbons (Fsp3) is 0.133. The Morgan fingerprint density at radius 2 is 2.15 bits per heavy atom. The van der Waals surface area contributed by atoms with E-state index in [0.717, 1.165) is 17.6 Å². The molecule has 0 aliphatic rings. The highest BCUT2D eigenvalue weighted by Crippen LogP contribution is 2.14. The normalized spacial score (nSPS) is 10.7. The maximum atomic E-state index is 12.3. The van der Waals surface area contributed by atoms with Gasteiger partial charge in [0.05, 0.1) is 5.56 Å². The number of amides is 1. The van der Waals surface area contributed by atoms with Crippen LogP contribution in [-0.2, 0) is 6.42 Å². The summed E-state index contributed by atoms with van der Waals surface area (Å²) in [4.78, 5) is 20.6. The summed E-state index contributed by atoms with van der Waals surface area (Å²) in [5, 5.41) is 2.85. The number of aromatic nitrogens is 3. The Morgan fingerprint density at radius 1 is 1.25 bits per heavy atom. The van der Waals surface area contributed by atoms with Crippen LogP contribution in [0.2, 0.25) is 0 Å². The molecule has 3 heterocycles. The fourth-order valence-electron chi connectivity index (χ4n) is 2.07. The minimum atomic E-state index is -0.172. The molecule has 0 radical (unpaired) electrons. The highest BCUT2D eigenvalue weighted by molar-refractivity contribution is 6.04. The number of hydrogen-bond acceptors (Lipinski definition) is 3. The van der Waals surface area contributed by atoms with Crippen molar-refractivity contribution in [2.75, 3.05) is 5.32 Å². The van der Waals surface area contributed by atoms with Crippen molar-refractivity contribution in [2.24, 2.45) is 0 Å². The van der Waals surface area contributed by atoms with Crippen LogP contribution in [0.4, 0.5) is 5.82 Å². The van der Waals surface area contributed by atoms with Gasteiger partial charge in [0.1, 0.15) is 11.5 Å². The Labute approximate surface area is 116 Å². The second kappa shape index (κ2) is 5.13. The van der Waals surface area contributed by atoms with Gasteiger partial charge in [-0.15, -0.1) is 0 Å². The van der Waals surface area contributed by atoms with Gasteiger partial charge in [-0.05, 0) is 30.2 Å². The lowest BCUT2D eigenvalue weighted by atomic mass is 10.2. The van der Waals surface area contributed by atoms with Gasteiger partial charge in [-0.2, -0.15) is 0 Å². The molecule has 0 aliphatic heterocycles. The molecule has 3 aromatic heterocycles. The molecule has 0 spiro atoms. The van der Waals surface area contributed by atoms with E-state index >= 15 is 0 Å². The average Bonchev–Trinajstić information content (AvgIpc) is 2.95. The van der Waals surface area contributed by atoms with Crippen molar-refractivity contribution in [3.8, 4) is 0 Å². The number of anilines is 1. The molecule has 0 atom stereocenters. The quantitative estimate of drug-likeness (QED) is 0.792. The second-order valence-electron chi connectivity index (χ2n) is 4.43. The summed E-state index contributed by atoms with van der Waals surface area (Å²) in [6, 6.07) is 7.40. The molecule has 3 rings (SSSR count). The molecule has 1 N–H and O–H groups in total. The summed E-state index contributed by atoms with van der Waals surface area (Å²) in [6.07, 6.45) is 7.76. The number of fused-ring (bicyclic) bond motifs is 1. The number of nitrogens with one attached hydrogen (secondary N) is 1. The summed E-state index contributed by atoms with van der Waals surface area (Å²) in [7, 11) is 0. The van der Waals surface area contributed by atoms with Crippen LogP contribution in [0.15, 0.2) is 49.1 Å². The topological polar surface area (TPSA) is 59.3 Å². The number of hydrogen-bond donors (Lipinski definition) is 1. The summed E-state index contributed by atoms with van der Waals surface area (Å²) in [5.74, 6) is 0.444. The molecule has 3 aromatic rings. The van der Waals surface area contributed by atoms with Crippen LogP contribution in [0.3, 0.4) is 0 Å². The predicted octanol–water partition coefficient (Wildman–Crippen LogP) is 2.54. The first-order valence-electron chi connectivity index (χ1n) is 6.46. The third-order valence-electron chi connectivity index (χ3n) is 3.16. The number of imidazole rings is 1. The summed E-state index contributed by atoms with van der Waals surface area (Å²) < 4.78 is 1.81. The van der Waals surface area contributed by atoms with E-state index in [1.807, 2.05) is 35.7 Å². The Bertz CT molecular complexity index is 763. The van der Waals surface area contributed by atoms with E-state index in [-0.39, 0.29) is 5.91 Å². The molecule has 0 saturated carbocycles. The molecular formula is C15H14N4O. The average molecular weight is 266 g/mol. The van der Waals surface area contributed by atoms with Gasteiger partial charge in [0.25, 0.3) is 5.91 Å². The molecule has 5 heteroatoms. The van der Waals surface area contributed by atoms with Gasteiger partial charge < -0.3 is 9.72 Å². The van der Waals surface area contributed by atoms with Gasteiger partial charge in [-0.1, -0.05) is 13.0 Å². The monoisotopic (exact) mass is 266 g/mol. The van der Waals surface area contributed by atoms with Crippen LogP contribution < -0.4 is 5.32 Å². The third kappa shape index (κ3) is 2.25. The highest BCUT2D eigenvalue weighted by Gasteiger charge is 2.10. The van der Waals surface area contributed by atoms with Crippen molar-refractivity contribution in [3.63, 3.8) is 0 Å². The number of rotatable bonds is 3. The summed E-state index contributed by atoms with van der Waals surface area (Å²) in [6.45, 7) is 2.03. The van der Waals surface area contributed by atoms with Gasteiger partial charge >= 0.3 is 0 Å². The van der Waals surface area contributed by atoms with Crippen molar-refractivity contribution in [1.29, 1.82) is 0 Å². The number of carbonyl (C=O) groups is 1. The molecule has 0 fully saturated rings. The van der Waals surface area contributed by atoms with Crippen molar-refractivity contribution in [2.45, 2.75) is 13.3 Å². The molecule has 20 heavy (non-hydrogen) atoms. The SMILES string of the molecule is CCc1cccnc1NC(=O)c1ccc2nccn2c1. The van der Waals surface area contributed by atoms with Crippen LogP contribution in [0.1, 0.15) is 22.8 Å². The van der Waals surface area contributed by atoms with E-state index in [1.54, 1.807) is 24.7 Å². The zero-order chi connectivity index (χ0) is 13.9. The van der Waals surface area contributed by atoms with Crippen molar-refractivity contribution < 1.29 is 4.79 Å².